The summed E-state index contributed by atoms with van der Waals surface area (Å²) in [6.07, 6.45) is 5.50. The number of hydrogen-bond acceptors (Lipinski definition) is 8. The number of likely N-dealkylation sites (N-methyl/N-ethyl adjacent to an activating group) is 1. The minimum Gasteiger partial charge on any atom is -0.507 e. The Hall–Kier alpha value is -5.58. The van der Waals surface area contributed by atoms with Crippen LogP contribution in [0, 0.1) is 5.92 Å². The van der Waals surface area contributed by atoms with E-state index in [9.17, 15) is 35.1 Å². The molecule has 4 aliphatic rings. The molecule has 0 amide bonds. The number of aliphatic hydroxyl groups excluding tert-OH is 1. The maximum atomic E-state index is 11.6. The Balaban J connectivity index is 0.000000152. The number of carbonyl (C=O) groups is 2. The lowest BCUT2D eigenvalue weighted by molar-refractivity contribution is -0.0453. The lowest BCUT2D eigenvalue weighted by atomic mass is 9.53. The van der Waals surface area contributed by atoms with Gasteiger partial charge in [0.1, 0.15) is 34.8 Å². The molecule has 2 heterocycles. The van der Waals surface area contributed by atoms with E-state index in [0.29, 0.717) is 44.6 Å². The van der Waals surface area contributed by atoms with E-state index in [1.807, 2.05) is 12.1 Å². The molecule has 2 aliphatic carbocycles. The number of rotatable bonds is 5. The Morgan fingerprint density at radius 3 is 2.04 bits per heavy atom. The number of carboxylic acids is 2. The van der Waals surface area contributed by atoms with Crippen LogP contribution in [0.15, 0.2) is 84.9 Å². The van der Waals surface area contributed by atoms with E-state index in [1.54, 1.807) is 55.6 Å². The Labute approximate surface area is 293 Å². The van der Waals surface area contributed by atoms with Crippen LogP contribution >= 0.6 is 0 Å². The highest BCUT2D eigenvalue weighted by atomic mass is 16.5. The van der Waals surface area contributed by atoms with Crippen LogP contribution in [0.5, 0.6) is 23.0 Å². The molecule has 2 bridgehead atoms. The van der Waals surface area contributed by atoms with Crippen LogP contribution in [0.3, 0.4) is 0 Å². The Bertz CT molecular complexity index is 2200. The lowest BCUT2D eigenvalue weighted by Crippen LogP contribution is -2.64. The number of methoxy groups -OCH3 is 1. The molecule has 260 valence electrons. The van der Waals surface area contributed by atoms with Crippen molar-refractivity contribution in [2.45, 2.75) is 42.9 Å². The number of aliphatic hydroxyl groups is 1. The smallest absolute Gasteiger partial charge is 0.339 e. The van der Waals surface area contributed by atoms with Crippen LogP contribution in [0.4, 0.5) is 0 Å². The molecule has 1 fully saturated rings. The summed E-state index contributed by atoms with van der Waals surface area (Å²) in [5.74, 6) is -1.27. The van der Waals surface area contributed by atoms with Crippen molar-refractivity contribution in [2.24, 2.45) is 5.92 Å². The highest BCUT2D eigenvalue weighted by Gasteiger charge is 2.64. The van der Waals surface area contributed by atoms with Crippen molar-refractivity contribution in [2.75, 3.05) is 20.7 Å². The number of fused-ring (bicyclic) bond motifs is 2. The van der Waals surface area contributed by atoms with Gasteiger partial charge in [-0.25, -0.2) is 9.59 Å². The fourth-order valence-electron chi connectivity index (χ4n) is 9.07. The first kappa shape index (κ1) is 32.6. The van der Waals surface area contributed by atoms with E-state index in [0.717, 1.165) is 30.9 Å². The molecule has 51 heavy (non-hydrogen) atoms. The number of aromatic hydroxyl groups is 2. The van der Waals surface area contributed by atoms with Crippen molar-refractivity contribution >= 4 is 33.5 Å². The van der Waals surface area contributed by atoms with Gasteiger partial charge < -0.3 is 39.9 Å². The second kappa shape index (κ2) is 12.0. The second-order valence-corrected chi connectivity index (χ2v) is 13.8. The van der Waals surface area contributed by atoms with Gasteiger partial charge in [0, 0.05) is 40.5 Å². The van der Waals surface area contributed by atoms with Crippen LogP contribution in [0.2, 0.25) is 0 Å². The van der Waals surface area contributed by atoms with Gasteiger partial charge in [0.05, 0.1) is 7.11 Å². The molecule has 1 spiro atoms. The summed E-state index contributed by atoms with van der Waals surface area (Å²) in [4.78, 5) is 25.7. The molecule has 0 aromatic heterocycles. The Morgan fingerprint density at radius 1 is 0.882 bits per heavy atom. The molecule has 5 N–H and O–H groups in total. The number of nitrogens with zero attached hydrogens (tertiary/aromatic N) is 1. The van der Waals surface area contributed by atoms with E-state index in [4.69, 9.17) is 9.47 Å². The molecule has 5 aromatic carbocycles. The number of benzene rings is 5. The fourth-order valence-corrected chi connectivity index (χ4v) is 9.07. The van der Waals surface area contributed by atoms with E-state index in [-0.39, 0.29) is 29.1 Å². The van der Waals surface area contributed by atoms with Gasteiger partial charge in [0.15, 0.2) is 11.5 Å². The summed E-state index contributed by atoms with van der Waals surface area (Å²) >= 11 is 0. The minimum atomic E-state index is -1.28. The number of carboxylic acid groups (broad SMARTS) is 2. The van der Waals surface area contributed by atoms with Gasteiger partial charge in [0.25, 0.3) is 0 Å². The summed E-state index contributed by atoms with van der Waals surface area (Å²) in [6.45, 7) is 1.05. The quantitative estimate of drug-likeness (QED) is 0.141. The number of piperidine rings is 1. The molecule has 5 atom stereocenters. The van der Waals surface area contributed by atoms with E-state index < -0.39 is 29.5 Å². The molecule has 0 saturated carbocycles. The van der Waals surface area contributed by atoms with Crippen molar-refractivity contribution < 1.29 is 44.6 Å². The van der Waals surface area contributed by atoms with E-state index >= 15 is 0 Å². The number of aromatic carboxylic acids is 2. The third-order valence-electron chi connectivity index (χ3n) is 11.4. The Morgan fingerprint density at radius 2 is 1.47 bits per heavy atom. The average molecular weight is 688 g/mol. The van der Waals surface area contributed by atoms with E-state index in [2.05, 4.69) is 24.1 Å². The third-order valence-corrected chi connectivity index (χ3v) is 11.4. The van der Waals surface area contributed by atoms with Crippen molar-refractivity contribution in [3.63, 3.8) is 0 Å². The minimum absolute atomic E-state index is 0.0407. The topological polar surface area (TPSA) is 157 Å². The molecular formula is C41H37NO9. The van der Waals surface area contributed by atoms with Crippen LogP contribution < -0.4 is 9.47 Å². The molecule has 1 saturated heterocycles. The highest BCUT2D eigenvalue weighted by molar-refractivity contribution is 6.02. The van der Waals surface area contributed by atoms with Gasteiger partial charge in [0.2, 0.25) is 0 Å². The van der Waals surface area contributed by atoms with Crippen molar-refractivity contribution in [1.82, 2.24) is 4.90 Å². The molecule has 10 heteroatoms. The lowest BCUT2D eigenvalue weighted by Gasteiger charge is -2.56. The zero-order chi connectivity index (χ0) is 35.8. The van der Waals surface area contributed by atoms with Crippen LogP contribution in [-0.4, -0.2) is 81.3 Å². The molecular weight excluding hydrogens is 650 g/mol. The molecule has 5 aromatic rings. The highest BCUT2D eigenvalue weighted by Crippen LogP contribution is 2.62. The number of ether oxygens (including phenoxy) is 2. The SMILES string of the molecule is COc1ccc2c3c1O[C@H]1[C@@H](O)C=C[C@H]4[C@@H](C2)N(C)CC[C@@]341.O=C(O)c1cc2ccccc2c(Cc2c(O)c(C(=O)O)cc3ccccc23)c1O. The summed E-state index contributed by atoms with van der Waals surface area (Å²) in [6, 6.07) is 21.5. The van der Waals surface area contributed by atoms with Gasteiger partial charge in [-0.05, 0) is 71.7 Å². The molecule has 2 aliphatic heterocycles. The molecule has 9 rings (SSSR count). The monoisotopic (exact) mass is 687 g/mol. The summed E-state index contributed by atoms with van der Waals surface area (Å²) in [5, 5.41) is 53.4. The van der Waals surface area contributed by atoms with Gasteiger partial charge in [-0.2, -0.15) is 0 Å². The second-order valence-electron chi connectivity index (χ2n) is 13.8. The first-order valence-electron chi connectivity index (χ1n) is 16.9. The van der Waals surface area contributed by atoms with Gasteiger partial charge in [-0.1, -0.05) is 66.7 Å². The first-order valence-corrected chi connectivity index (χ1v) is 16.9. The van der Waals surface area contributed by atoms with Gasteiger partial charge >= 0.3 is 11.9 Å². The summed E-state index contributed by atoms with van der Waals surface area (Å²) < 4.78 is 11.8. The third kappa shape index (κ3) is 4.85. The van der Waals surface area contributed by atoms with Gasteiger partial charge in [-0.15, -0.1) is 0 Å². The standard InChI is InChI=1S/C23H16O6.C18H21NO3/c24-20-16(14-7-3-1-5-12(14)9-18(20)22(26)27)11-17-15-8-4-2-6-13(15)10-19(21(17)25)23(28)29;1-19-8-7-18-11-4-5-13(20)17(18)22-16-14(21-2)6-3-10(15(16)18)9-12(11)19/h1-10,24-25H,11H2,(H,26,27)(H,28,29);3-6,11-13,17,20H,7-9H2,1-2H3/t;11-,12+,13-,17-,18-/m.0/s1. The normalized spacial score (nSPS) is 24.0. The largest absolute Gasteiger partial charge is 0.507 e. The summed E-state index contributed by atoms with van der Waals surface area (Å²) in [7, 11) is 3.91. The van der Waals surface area contributed by atoms with E-state index in [1.165, 1.54) is 23.3 Å². The predicted molar refractivity (Wildman–Crippen MR) is 190 cm³/mol. The molecule has 0 unspecified atom stereocenters. The van der Waals surface area contributed by atoms with Crippen LogP contribution in [0.25, 0.3) is 21.5 Å². The maximum absolute atomic E-state index is 11.6. The van der Waals surface area contributed by atoms with Crippen molar-refractivity contribution in [1.29, 1.82) is 0 Å². The zero-order valence-electron chi connectivity index (χ0n) is 28.0. The predicted octanol–water partition coefficient (Wildman–Crippen LogP) is 5.89. The summed E-state index contributed by atoms with van der Waals surface area (Å²) in [5.41, 5.74) is 2.71. The first-order chi connectivity index (χ1) is 24.5. The number of hydrogen-bond donors (Lipinski definition) is 5. The average Bonchev–Trinajstić information content (AvgIpc) is 3.48. The Kier molecular flexibility index (Phi) is 7.70. The maximum Gasteiger partial charge on any atom is 0.339 e. The van der Waals surface area contributed by atoms with Crippen LogP contribution in [0.1, 0.15) is 49.4 Å². The molecule has 10 nitrogen and oxygen atoms in total. The van der Waals surface area contributed by atoms with Crippen LogP contribution in [-0.2, 0) is 18.3 Å². The van der Waals surface area contributed by atoms with Crippen molar-refractivity contribution in [3.8, 4) is 23.0 Å². The van der Waals surface area contributed by atoms with Crippen molar-refractivity contribution in [3.05, 3.63) is 118 Å². The zero-order valence-corrected chi connectivity index (χ0v) is 28.0. The number of phenols is 2. The fraction of sp³-hybridized carbons (Fsp3) is 0.268. The molecule has 0 radical (unpaired) electrons. The van der Waals surface area contributed by atoms with Gasteiger partial charge in [-0.3, -0.25) is 0 Å². The number of likely N-dealkylation sites (tertiary alicyclic amines) is 1.